The van der Waals surface area contributed by atoms with E-state index in [2.05, 4.69) is 70.4 Å². The molecule has 0 N–H and O–H groups in total. The minimum atomic E-state index is -4.52. The van der Waals surface area contributed by atoms with Crippen molar-refractivity contribution < 1.29 is 13.2 Å². The number of hydrogen-bond donors (Lipinski definition) is 0. The molecule has 0 bridgehead atoms. The third-order valence-electron chi connectivity index (χ3n) is 6.53. The van der Waals surface area contributed by atoms with Crippen LogP contribution in [0, 0.1) is 0 Å². The van der Waals surface area contributed by atoms with E-state index in [1.807, 2.05) is 36.4 Å². The summed E-state index contributed by atoms with van der Waals surface area (Å²) < 4.78 is 41.5. The Kier molecular flexibility index (Phi) is 9.29. The topological polar surface area (TPSA) is 37.6 Å². The van der Waals surface area contributed by atoms with Crippen molar-refractivity contribution in [3.63, 3.8) is 0 Å². The summed E-state index contributed by atoms with van der Waals surface area (Å²) in [6.45, 7) is 16.6. The normalized spacial score (nSPS) is 12.8. The van der Waals surface area contributed by atoms with Gasteiger partial charge in [-0.3, -0.25) is 9.98 Å². The van der Waals surface area contributed by atoms with Gasteiger partial charge in [0.25, 0.3) is 0 Å². The Labute approximate surface area is 225 Å². The van der Waals surface area contributed by atoms with Gasteiger partial charge in [-0.15, -0.1) is 0 Å². The van der Waals surface area contributed by atoms with Gasteiger partial charge in [0, 0.05) is 0 Å². The molecule has 38 heavy (non-hydrogen) atoms. The van der Waals surface area contributed by atoms with Crippen LogP contribution < -0.4 is 0 Å². The van der Waals surface area contributed by atoms with Gasteiger partial charge < -0.3 is 0 Å². The van der Waals surface area contributed by atoms with E-state index in [9.17, 15) is 13.2 Å². The van der Waals surface area contributed by atoms with Gasteiger partial charge in [0.1, 0.15) is 0 Å². The fourth-order valence-corrected chi connectivity index (χ4v) is 4.45. The van der Waals surface area contributed by atoms with Crippen molar-refractivity contribution in [2.45, 2.75) is 85.2 Å². The number of aromatic nitrogens is 1. The van der Waals surface area contributed by atoms with Crippen LogP contribution in [0.1, 0.15) is 118 Å². The molecular weight excluding hydrogens is 483 g/mol. The van der Waals surface area contributed by atoms with Crippen molar-refractivity contribution in [1.29, 1.82) is 0 Å². The fourth-order valence-electron chi connectivity index (χ4n) is 4.45. The molecule has 2 aromatic carbocycles. The fraction of sp³-hybridized carbons (Fsp3) is 0.406. The predicted molar refractivity (Wildman–Crippen MR) is 153 cm³/mol. The number of nitrogens with zero attached hydrogens (tertiary/aromatic N) is 3. The lowest BCUT2D eigenvalue weighted by Crippen LogP contribution is -2.08. The van der Waals surface area contributed by atoms with Gasteiger partial charge in [0.15, 0.2) is 0 Å². The van der Waals surface area contributed by atoms with Gasteiger partial charge in [0.2, 0.25) is 0 Å². The standard InChI is InChI=1S/C32H38F3N3/c1-19(2)26-11-9-12-27(20(3)4)30(26)36-17-24-15-23(32(33,34)35)16-25(38-24)18-37-31-28(21(5)6)13-10-14-29(31)22(7)8/h9-22H,1-8H3. The van der Waals surface area contributed by atoms with Gasteiger partial charge in [0.05, 0.1) is 40.8 Å². The molecule has 0 fully saturated rings. The van der Waals surface area contributed by atoms with E-state index in [1.165, 1.54) is 12.4 Å². The van der Waals surface area contributed by atoms with Gasteiger partial charge in [-0.1, -0.05) is 91.8 Å². The second kappa shape index (κ2) is 12.1. The first-order valence-electron chi connectivity index (χ1n) is 13.2. The average Bonchev–Trinajstić information content (AvgIpc) is 2.84. The quantitative estimate of drug-likeness (QED) is 0.272. The maximum absolute atomic E-state index is 13.8. The summed E-state index contributed by atoms with van der Waals surface area (Å²) in [7, 11) is 0. The highest BCUT2D eigenvalue weighted by atomic mass is 19.4. The highest BCUT2D eigenvalue weighted by Crippen LogP contribution is 2.36. The summed E-state index contributed by atoms with van der Waals surface area (Å²) in [5.41, 5.74) is 5.27. The SMILES string of the molecule is CC(C)c1cccc(C(C)C)c1N=Cc1cc(C(F)(F)F)cc(C=Nc2c(C(C)C)cccc2C(C)C)n1. The second-order valence-electron chi connectivity index (χ2n) is 10.9. The van der Waals surface area contributed by atoms with Crippen molar-refractivity contribution >= 4 is 23.8 Å². The number of halogens is 3. The molecule has 202 valence electrons. The average molecular weight is 522 g/mol. The molecular formula is C32H38F3N3. The molecule has 0 radical (unpaired) electrons. The lowest BCUT2D eigenvalue weighted by Gasteiger charge is -2.16. The summed E-state index contributed by atoms with van der Waals surface area (Å²) in [5, 5.41) is 0. The Hall–Kier alpha value is -3.28. The summed E-state index contributed by atoms with van der Waals surface area (Å²) >= 11 is 0. The van der Waals surface area contributed by atoms with Crippen molar-refractivity contribution in [2.75, 3.05) is 0 Å². The molecule has 0 unspecified atom stereocenters. The molecule has 3 rings (SSSR count). The Morgan fingerprint density at radius 2 is 0.921 bits per heavy atom. The summed E-state index contributed by atoms with van der Waals surface area (Å²) in [6.07, 6.45) is -1.66. The van der Waals surface area contributed by atoms with Crippen LogP contribution in [0.4, 0.5) is 24.5 Å². The van der Waals surface area contributed by atoms with E-state index >= 15 is 0 Å². The Morgan fingerprint density at radius 3 is 1.18 bits per heavy atom. The molecule has 0 aliphatic rings. The summed E-state index contributed by atoms with van der Waals surface area (Å²) in [5.74, 6) is 0.867. The lowest BCUT2D eigenvalue weighted by atomic mass is 9.93. The summed E-state index contributed by atoms with van der Waals surface area (Å²) in [4.78, 5) is 13.8. The molecule has 0 aliphatic heterocycles. The monoisotopic (exact) mass is 521 g/mol. The largest absolute Gasteiger partial charge is 0.416 e. The molecule has 1 aromatic heterocycles. The maximum atomic E-state index is 13.8. The van der Waals surface area contributed by atoms with E-state index < -0.39 is 11.7 Å². The van der Waals surface area contributed by atoms with Crippen LogP contribution in [0.5, 0.6) is 0 Å². The van der Waals surface area contributed by atoms with Crippen LogP contribution >= 0.6 is 0 Å². The minimum Gasteiger partial charge on any atom is -0.254 e. The van der Waals surface area contributed by atoms with E-state index in [4.69, 9.17) is 0 Å². The van der Waals surface area contributed by atoms with E-state index in [-0.39, 0.29) is 35.1 Å². The first kappa shape index (κ1) is 29.3. The molecule has 6 heteroatoms. The van der Waals surface area contributed by atoms with E-state index in [0.717, 1.165) is 45.8 Å². The van der Waals surface area contributed by atoms with Gasteiger partial charge in [-0.05, 0) is 58.1 Å². The zero-order valence-electron chi connectivity index (χ0n) is 23.6. The first-order chi connectivity index (χ1) is 17.8. The number of pyridine rings is 1. The molecule has 0 spiro atoms. The van der Waals surface area contributed by atoms with Crippen LogP contribution in [0.25, 0.3) is 0 Å². The molecule has 1 heterocycles. The zero-order chi connectivity index (χ0) is 28.2. The van der Waals surface area contributed by atoms with Gasteiger partial charge in [-0.25, -0.2) is 4.98 Å². The van der Waals surface area contributed by atoms with E-state index in [1.54, 1.807) is 0 Å². The number of rotatable bonds is 8. The van der Waals surface area contributed by atoms with Crippen molar-refractivity contribution in [1.82, 2.24) is 4.98 Å². The number of benzene rings is 2. The Balaban J connectivity index is 2.13. The van der Waals surface area contributed by atoms with Crippen molar-refractivity contribution in [3.05, 3.63) is 87.7 Å². The smallest absolute Gasteiger partial charge is 0.254 e. The van der Waals surface area contributed by atoms with Gasteiger partial charge >= 0.3 is 6.18 Å². The van der Waals surface area contributed by atoms with Crippen LogP contribution in [0.3, 0.4) is 0 Å². The molecule has 3 aromatic rings. The van der Waals surface area contributed by atoms with Crippen LogP contribution in [-0.4, -0.2) is 17.4 Å². The Morgan fingerprint density at radius 1 is 0.605 bits per heavy atom. The number of para-hydroxylation sites is 2. The minimum absolute atomic E-state index is 0.135. The molecule has 0 saturated carbocycles. The second-order valence-corrected chi connectivity index (χ2v) is 10.9. The third kappa shape index (κ3) is 6.97. The van der Waals surface area contributed by atoms with Crippen LogP contribution in [-0.2, 0) is 6.18 Å². The van der Waals surface area contributed by atoms with Crippen molar-refractivity contribution in [3.8, 4) is 0 Å². The molecule has 3 nitrogen and oxygen atoms in total. The number of hydrogen-bond acceptors (Lipinski definition) is 3. The highest BCUT2D eigenvalue weighted by molar-refractivity contribution is 5.85. The lowest BCUT2D eigenvalue weighted by molar-refractivity contribution is -0.137. The molecule has 0 aliphatic carbocycles. The predicted octanol–water partition coefficient (Wildman–Crippen LogP) is 10.1. The molecule has 0 atom stereocenters. The first-order valence-corrected chi connectivity index (χ1v) is 13.2. The summed E-state index contributed by atoms with van der Waals surface area (Å²) in [6, 6.07) is 14.1. The zero-order valence-corrected chi connectivity index (χ0v) is 23.6. The number of aliphatic imine (C=N–C) groups is 2. The third-order valence-corrected chi connectivity index (χ3v) is 6.53. The Bertz CT molecular complexity index is 1170. The van der Waals surface area contributed by atoms with Gasteiger partial charge in [-0.2, -0.15) is 13.2 Å². The van der Waals surface area contributed by atoms with Crippen molar-refractivity contribution in [2.24, 2.45) is 9.98 Å². The van der Waals surface area contributed by atoms with Crippen LogP contribution in [0.15, 0.2) is 58.5 Å². The molecule has 0 saturated heterocycles. The van der Waals surface area contributed by atoms with E-state index in [0.29, 0.717) is 0 Å². The highest BCUT2D eigenvalue weighted by Gasteiger charge is 2.31. The van der Waals surface area contributed by atoms with Crippen LogP contribution in [0.2, 0.25) is 0 Å². The maximum Gasteiger partial charge on any atom is 0.416 e. The molecule has 0 amide bonds. The number of alkyl halides is 3.